The van der Waals surface area contributed by atoms with Crippen molar-refractivity contribution in [3.05, 3.63) is 0 Å². The molecule has 0 amide bonds. The molecule has 0 atom stereocenters. The molecular formula is C16H35NO. The average Bonchev–Trinajstić information content (AvgIpc) is 2.34. The molecule has 110 valence electrons. The minimum atomic E-state index is 0.746. The molecule has 0 aromatic carbocycles. The van der Waals surface area contributed by atoms with Crippen molar-refractivity contribution in [1.29, 1.82) is 0 Å². The summed E-state index contributed by atoms with van der Waals surface area (Å²) in [4.78, 5) is 0. The molecule has 0 bridgehead atoms. The van der Waals surface area contributed by atoms with Crippen LogP contribution in [-0.4, -0.2) is 11.8 Å². The number of hydrogen-bond donors (Lipinski definition) is 2. The Morgan fingerprint density at radius 2 is 1.06 bits per heavy atom. The predicted octanol–water partition coefficient (Wildman–Crippen LogP) is 5.30. The van der Waals surface area contributed by atoms with Gasteiger partial charge in [0.15, 0.2) is 0 Å². The highest BCUT2D eigenvalue weighted by atomic mass is 16.5. The van der Waals surface area contributed by atoms with Gasteiger partial charge >= 0.3 is 0 Å². The van der Waals surface area contributed by atoms with Crippen molar-refractivity contribution in [2.45, 2.75) is 90.9 Å². The second kappa shape index (κ2) is 15.0. The van der Waals surface area contributed by atoms with E-state index in [0.29, 0.717) is 0 Å². The van der Waals surface area contributed by atoms with Crippen molar-refractivity contribution in [2.75, 3.05) is 6.54 Å². The minimum Gasteiger partial charge on any atom is -0.317 e. The third kappa shape index (κ3) is 15.9. The fourth-order valence-corrected chi connectivity index (χ4v) is 2.35. The lowest BCUT2D eigenvalue weighted by molar-refractivity contribution is 0.164. The number of nitrogens with one attached hydrogen (secondary N) is 1. The van der Waals surface area contributed by atoms with Crippen LogP contribution in [0.2, 0.25) is 0 Å². The first-order valence-corrected chi connectivity index (χ1v) is 8.14. The van der Waals surface area contributed by atoms with Gasteiger partial charge in [0.25, 0.3) is 0 Å². The molecule has 0 fully saturated rings. The topological polar surface area (TPSA) is 32.3 Å². The molecule has 0 aliphatic heterocycles. The Bertz CT molecular complexity index is 148. The van der Waals surface area contributed by atoms with Gasteiger partial charge < -0.3 is 5.21 Å². The number of hydroxylamine groups is 1. The second-order valence-corrected chi connectivity index (χ2v) is 5.98. The number of unbranched alkanes of at least 4 members (excludes halogenated alkanes) is 10. The monoisotopic (exact) mass is 257 g/mol. The highest BCUT2D eigenvalue weighted by Gasteiger charge is 1.95. The first kappa shape index (κ1) is 17.9. The van der Waals surface area contributed by atoms with Crippen LogP contribution < -0.4 is 5.48 Å². The Morgan fingerprint density at radius 3 is 1.44 bits per heavy atom. The molecule has 0 aliphatic carbocycles. The van der Waals surface area contributed by atoms with Crippen LogP contribution in [0.4, 0.5) is 0 Å². The summed E-state index contributed by atoms with van der Waals surface area (Å²) < 4.78 is 0. The van der Waals surface area contributed by atoms with Crippen LogP contribution in [0.15, 0.2) is 0 Å². The molecule has 0 heterocycles. The largest absolute Gasteiger partial charge is 0.317 e. The smallest absolute Gasteiger partial charge is 0.0207 e. The van der Waals surface area contributed by atoms with Gasteiger partial charge in [0.2, 0.25) is 0 Å². The van der Waals surface area contributed by atoms with Crippen molar-refractivity contribution in [2.24, 2.45) is 5.92 Å². The van der Waals surface area contributed by atoms with Gasteiger partial charge in [0, 0.05) is 6.54 Å². The van der Waals surface area contributed by atoms with Gasteiger partial charge in [-0.05, 0) is 12.3 Å². The summed E-state index contributed by atoms with van der Waals surface area (Å²) in [7, 11) is 0. The average molecular weight is 257 g/mol. The molecule has 0 saturated heterocycles. The van der Waals surface area contributed by atoms with E-state index in [2.05, 4.69) is 19.3 Å². The molecule has 0 unspecified atom stereocenters. The van der Waals surface area contributed by atoms with Crippen molar-refractivity contribution >= 4 is 0 Å². The van der Waals surface area contributed by atoms with Gasteiger partial charge in [-0.2, -0.15) is 0 Å². The first-order chi connectivity index (χ1) is 8.77. The van der Waals surface area contributed by atoms with E-state index in [-0.39, 0.29) is 0 Å². The lowest BCUT2D eigenvalue weighted by Gasteiger charge is -2.04. The van der Waals surface area contributed by atoms with E-state index < -0.39 is 0 Å². The summed E-state index contributed by atoms with van der Waals surface area (Å²) in [5.74, 6) is 0.881. The second-order valence-electron chi connectivity index (χ2n) is 5.98. The fraction of sp³-hybridized carbons (Fsp3) is 1.00. The van der Waals surface area contributed by atoms with Crippen LogP contribution in [0.3, 0.4) is 0 Å². The SMILES string of the molecule is CC(C)CCCCCCCCCCCCCNO. The van der Waals surface area contributed by atoms with E-state index in [1.54, 1.807) is 0 Å². The van der Waals surface area contributed by atoms with Gasteiger partial charge in [-0.3, -0.25) is 0 Å². The molecule has 2 N–H and O–H groups in total. The van der Waals surface area contributed by atoms with E-state index >= 15 is 0 Å². The molecule has 0 saturated carbocycles. The molecular weight excluding hydrogens is 222 g/mol. The zero-order valence-electron chi connectivity index (χ0n) is 12.7. The van der Waals surface area contributed by atoms with Crippen molar-refractivity contribution < 1.29 is 5.21 Å². The molecule has 0 aromatic heterocycles. The molecule has 2 heteroatoms. The van der Waals surface area contributed by atoms with E-state index in [4.69, 9.17) is 5.21 Å². The highest BCUT2D eigenvalue weighted by molar-refractivity contribution is 4.50. The van der Waals surface area contributed by atoms with Crippen LogP contribution >= 0.6 is 0 Å². The van der Waals surface area contributed by atoms with E-state index in [1.165, 1.54) is 70.6 Å². The van der Waals surface area contributed by atoms with E-state index in [9.17, 15) is 0 Å². The molecule has 0 aliphatic rings. The highest BCUT2D eigenvalue weighted by Crippen LogP contribution is 2.13. The molecule has 18 heavy (non-hydrogen) atoms. The quantitative estimate of drug-likeness (QED) is 0.327. The minimum absolute atomic E-state index is 0.746. The summed E-state index contributed by atoms with van der Waals surface area (Å²) in [6.45, 7) is 5.38. The Labute approximate surface area is 115 Å². The predicted molar refractivity (Wildman–Crippen MR) is 80.0 cm³/mol. The maximum absolute atomic E-state index is 8.41. The molecule has 0 spiro atoms. The number of rotatable bonds is 14. The summed E-state index contributed by atoms with van der Waals surface area (Å²) in [6, 6.07) is 0. The van der Waals surface area contributed by atoms with E-state index in [0.717, 1.165) is 18.9 Å². The van der Waals surface area contributed by atoms with Crippen molar-refractivity contribution in [3.63, 3.8) is 0 Å². The zero-order chi connectivity index (χ0) is 13.5. The van der Waals surface area contributed by atoms with Crippen LogP contribution in [0, 0.1) is 5.92 Å². The summed E-state index contributed by atoms with van der Waals surface area (Å²) in [6.07, 6.45) is 16.5. The number of hydrogen-bond acceptors (Lipinski definition) is 2. The maximum Gasteiger partial charge on any atom is 0.0207 e. The van der Waals surface area contributed by atoms with Crippen LogP contribution in [0.1, 0.15) is 90.9 Å². The van der Waals surface area contributed by atoms with Gasteiger partial charge in [0.05, 0.1) is 0 Å². The zero-order valence-corrected chi connectivity index (χ0v) is 12.7. The molecule has 0 radical (unpaired) electrons. The van der Waals surface area contributed by atoms with Gasteiger partial charge in [-0.25, -0.2) is 5.48 Å². The fourth-order valence-electron chi connectivity index (χ4n) is 2.35. The Morgan fingerprint density at radius 1 is 0.667 bits per heavy atom. The standard InChI is InChI=1S/C16H35NO/c1-16(2)14-12-10-8-6-4-3-5-7-9-11-13-15-17-18/h16-18H,3-15H2,1-2H3. The Kier molecular flexibility index (Phi) is 14.9. The molecule has 0 rings (SSSR count). The third-order valence-corrected chi connectivity index (χ3v) is 3.57. The molecule has 2 nitrogen and oxygen atoms in total. The maximum atomic E-state index is 8.41. The lowest BCUT2D eigenvalue weighted by atomic mass is 10.0. The summed E-state index contributed by atoms with van der Waals surface area (Å²) in [5.41, 5.74) is 2.21. The Balaban J connectivity index is 2.90. The third-order valence-electron chi connectivity index (χ3n) is 3.57. The first-order valence-electron chi connectivity index (χ1n) is 8.14. The van der Waals surface area contributed by atoms with Crippen LogP contribution in [0.25, 0.3) is 0 Å². The Hall–Kier alpha value is -0.0800. The van der Waals surface area contributed by atoms with Gasteiger partial charge in [-0.15, -0.1) is 0 Å². The van der Waals surface area contributed by atoms with Gasteiger partial charge in [-0.1, -0.05) is 84.5 Å². The van der Waals surface area contributed by atoms with Crippen molar-refractivity contribution in [1.82, 2.24) is 5.48 Å². The van der Waals surface area contributed by atoms with Crippen molar-refractivity contribution in [3.8, 4) is 0 Å². The lowest BCUT2D eigenvalue weighted by Crippen LogP contribution is -2.07. The van der Waals surface area contributed by atoms with E-state index in [1.807, 2.05) is 0 Å². The molecule has 0 aromatic rings. The van der Waals surface area contributed by atoms with Crippen LogP contribution in [0.5, 0.6) is 0 Å². The van der Waals surface area contributed by atoms with Crippen LogP contribution in [-0.2, 0) is 0 Å². The normalized spacial score (nSPS) is 11.3. The van der Waals surface area contributed by atoms with Gasteiger partial charge in [0.1, 0.15) is 0 Å². The summed E-state index contributed by atoms with van der Waals surface area (Å²) in [5, 5.41) is 8.41. The summed E-state index contributed by atoms with van der Waals surface area (Å²) >= 11 is 0.